The summed E-state index contributed by atoms with van der Waals surface area (Å²) >= 11 is 0. The maximum Gasteiger partial charge on any atom is 0.248 e. The molecular formula is C12H18F2N2O2. The zero-order valence-corrected chi connectivity index (χ0v) is 10.2. The zero-order valence-electron chi connectivity index (χ0n) is 10.2. The molecule has 1 aliphatic carbocycles. The van der Waals surface area contributed by atoms with Crippen LogP contribution in [-0.4, -0.2) is 34.7 Å². The predicted molar refractivity (Wildman–Crippen MR) is 60.9 cm³/mol. The van der Waals surface area contributed by atoms with Gasteiger partial charge in [-0.3, -0.25) is 9.59 Å². The fourth-order valence-corrected chi connectivity index (χ4v) is 2.93. The first-order valence-corrected chi connectivity index (χ1v) is 6.39. The Morgan fingerprint density at radius 1 is 1.28 bits per heavy atom. The lowest BCUT2D eigenvalue weighted by Gasteiger charge is -2.42. The summed E-state index contributed by atoms with van der Waals surface area (Å²) in [6, 6.07) is -0.863. The zero-order chi connectivity index (χ0) is 13.3. The van der Waals surface area contributed by atoms with E-state index < -0.39 is 17.9 Å². The van der Waals surface area contributed by atoms with Gasteiger partial charge < -0.3 is 10.6 Å². The third-order valence-corrected chi connectivity index (χ3v) is 3.90. The third-order valence-electron chi connectivity index (χ3n) is 3.90. The van der Waals surface area contributed by atoms with E-state index in [1.807, 2.05) is 0 Å². The molecule has 0 spiro atoms. The summed E-state index contributed by atoms with van der Waals surface area (Å²) in [5.41, 5.74) is 5.30. The molecule has 4 nitrogen and oxygen atoms in total. The molecule has 0 aromatic heterocycles. The molecule has 0 aromatic rings. The van der Waals surface area contributed by atoms with Crippen LogP contribution in [0.5, 0.6) is 0 Å². The molecule has 2 amide bonds. The number of rotatable bonds is 2. The maximum atomic E-state index is 13.1. The van der Waals surface area contributed by atoms with Gasteiger partial charge >= 0.3 is 0 Å². The summed E-state index contributed by atoms with van der Waals surface area (Å²) in [4.78, 5) is 24.7. The summed E-state index contributed by atoms with van der Waals surface area (Å²) in [6.07, 6.45) is 1.65. The third kappa shape index (κ3) is 2.62. The lowest BCUT2D eigenvalue weighted by molar-refractivity contribution is -0.149. The van der Waals surface area contributed by atoms with Crippen LogP contribution in [0.25, 0.3) is 0 Å². The van der Waals surface area contributed by atoms with Gasteiger partial charge in [0.15, 0.2) is 0 Å². The van der Waals surface area contributed by atoms with Crippen molar-refractivity contribution in [2.24, 2.45) is 5.73 Å². The van der Waals surface area contributed by atoms with Crippen molar-refractivity contribution in [2.75, 3.05) is 0 Å². The minimum Gasteiger partial charge on any atom is -0.368 e. The van der Waals surface area contributed by atoms with Gasteiger partial charge in [0.05, 0.1) is 0 Å². The Morgan fingerprint density at radius 3 is 2.44 bits per heavy atom. The van der Waals surface area contributed by atoms with Crippen LogP contribution in [-0.2, 0) is 9.59 Å². The number of hydrogen-bond donors (Lipinski definition) is 1. The van der Waals surface area contributed by atoms with Crippen molar-refractivity contribution in [3.8, 4) is 0 Å². The highest BCUT2D eigenvalue weighted by molar-refractivity contribution is 5.88. The van der Waals surface area contributed by atoms with E-state index in [4.69, 9.17) is 5.73 Å². The monoisotopic (exact) mass is 260 g/mol. The van der Waals surface area contributed by atoms with E-state index in [-0.39, 0.29) is 37.6 Å². The maximum absolute atomic E-state index is 13.1. The SMILES string of the molecule is NC(=O)[C@@H]1CCCC(=O)N1C1CCC(F)(F)CC1. The van der Waals surface area contributed by atoms with Crippen LogP contribution in [0.4, 0.5) is 8.78 Å². The van der Waals surface area contributed by atoms with Gasteiger partial charge in [-0.2, -0.15) is 0 Å². The second kappa shape index (κ2) is 4.82. The Morgan fingerprint density at radius 2 is 1.89 bits per heavy atom. The van der Waals surface area contributed by atoms with Crippen molar-refractivity contribution < 1.29 is 18.4 Å². The van der Waals surface area contributed by atoms with E-state index in [2.05, 4.69) is 0 Å². The molecule has 2 aliphatic rings. The first-order chi connectivity index (χ1) is 8.41. The summed E-state index contributed by atoms with van der Waals surface area (Å²) in [7, 11) is 0. The van der Waals surface area contributed by atoms with Gasteiger partial charge in [-0.25, -0.2) is 8.78 Å². The van der Waals surface area contributed by atoms with Crippen LogP contribution in [0.2, 0.25) is 0 Å². The van der Waals surface area contributed by atoms with Gasteiger partial charge in [-0.15, -0.1) is 0 Å². The number of hydrogen-bond acceptors (Lipinski definition) is 2. The molecule has 2 fully saturated rings. The van der Waals surface area contributed by atoms with Crippen LogP contribution >= 0.6 is 0 Å². The highest BCUT2D eigenvalue weighted by atomic mass is 19.3. The molecular weight excluding hydrogens is 242 g/mol. The number of primary amides is 1. The Bertz CT molecular complexity index is 350. The lowest BCUT2D eigenvalue weighted by atomic mass is 9.88. The number of halogens is 2. The largest absolute Gasteiger partial charge is 0.368 e. The topological polar surface area (TPSA) is 63.4 Å². The first kappa shape index (κ1) is 13.2. The molecule has 1 heterocycles. The summed E-state index contributed by atoms with van der Waals surface area (Å²) < 4.78 is 26.2. The Balaban J connectivity index is 2.09. The van der Waals surface area contributed by atoms with Crippen molar-refractivity contribution in [3.63, 3.8) is 0 Å². The molecule has 1 saturated heterocycles. The molecule has 1 saturated carbocycles. The fraction of sp³-hybridized carbons (Fsp3) is 0.833. The average molecular weight is 260 g/mol. The molecule has 0 unspecified atom stereocenters. The molecule has 0 bridgehead atoms. The number of likely N-dealkylation sites (tertiary alicyclic amines) is 1. The summed E-state index contributed by atoms with van der Waals surface area (Å²) in [5.74, 6) is -3.28. The molecule has 2 rings (SSSR count). The van der Waals surface area contributed by atoms with Gasteiger partial charge in [0.1, 0.15) is 6.04 Å². The van der Waals surface area contributed by atoms with E-state index in [0.29, 0.717) is 19.3 Å². The molecule has 102 valence electrons. The Kier molecular flexibility index (Phi) is 3.54. The Hall–Kier alpha value is -1.20. The summed E-state index contributed by atoms with van der Waals surface area (Å²) in [6.45, 7) is 0. The molecule has 6 heteroatoms. The van der Waals surface area contributed by atoms with Crippen LogP contribution in [0, 0.1) is 0 Å². The van der Waals surface area contributed by atoms with Crippen molar-refractivity contribution in [3.05, 3.63) is 0 Å². The van der Waals surface area contributed by atoms with E-state index in [1.54, 1.807) is 0 Å². The van der Waals surface area contributed by atoms with E-state index in [0.717, 1.165) is 0 Å². The molecule has 1 aliphatic heterocycles. The van der Waals surface area contributed by atoms with Crippen molar-refractivity contribution in [2.45, 2.75) is 63.0 Å². The lowest BCUT2D eigenvalue weighted by Crippen LogP contribution is -2.56. The number of carbonyl (C=O) groups is 2. The molecule has 0 aromatic carbocycles. The van der Waals surface area contributed by atoms with E-state index in [9.17, 15) is 18.4 Å². The van der Waals surface area contributed by atoms with Crippen LogP contribution in [0.1, 0.15) is 44.9 Å². The molecule has 18 heavy (non-hydrogen) atoms. The number of piperidine rings is 1. The van der Waals surface area contributed by atoms with E-state index in [1.165, 1.54) is 4.90 Å². The number of nitrogens with two attached hydrogens (primary N) is 1. The molecule has 2 N–H and O–H groups in total. The minimum atomic E-state index is -2.63. The first-order valence-electron chi connectivity index (χ1n) is 6.39. The number of nitrogens with zero attached hydrogens (tertiary/aromatic N) is 1. The second-order valence-electron chi connectivity index (χ2n) is 5.20. The van der Waals surface area contributed by atoms with Crippen LogP contribution < -0.4 is 5.73 Å². The minimum absolute atomic E-state index is 0.125. The van der Waals surface area contributed by atoms with Crippen molar-refractivity contribution >= 4 is 11.8 Å². The molecule has 1 atom stereocenters. The number of carbonyl (C=O) groups excluding carboxylic acids is 2. The van der Waals surface area contributed by atoms with Crippen molar-refractivity contribution in [1.82, 2.24) is 4.90 Å². The van der Waals surface area contributed by atoms with Crippen LogP contribution in [0.15, 0.2) is 0 Å². The van der Waals surface area contributed by atoms with E-state index >= 15 is 0 Å². The van der Waals surface area contributed by atoms with Crippen molar-refractivity contribution in [1.29, 1.82) is 0 Å². The van der Waals surface area contributed by atoms with Gasteiger partial charge in [0, 0.05) is 25.3 Å². The predicted octanol–water partition coefficient (Wildman–Crippen LogP) is 1.43. The van der Waals surface area contributed by atoms with Crippen LogP contribution in [0.3, 0.4) is 0 Å². The highest BCUT2D eigenvalue weighted by Crippen LogP contribution is 2.37. The van der Waals surface area contributed by atoms with Gasteiger partial charge in [0.25, 0.3) is 0 Å². The molecule has 0 radical (unpaired) electrons. The number of amides is 2. The normalized spacial score (nSPS) is 29.3. The summed E-state index contributed by atoms with van der Waals surface area (Å²) in [5, 5.41) is 0. The smallest absolute Gasteiger partial charge is 0.248 e. The fourth-order valence-electron chi connectivity index (χ4n) is 2.93. The van der Waals surface area contributed by atoms with Gasteiger partial charge in [0.2, 0.25) is 17.7 Å². The van der Waals surface area contributed by atoms with Gasteiger partial charge in [-0.05, 0) is 25.7 Å². The average Bonchev–Trinajstić information content (AvgIpc) is 2.29. The highest BCUT2D eigenvalue weighted by Gasteiger charge is 2.42. The Labute approximate surface area is 104 Å². The standard InChI is InChI=1S/C12H18F2N2O2/c13-12(14)6-4-8(5-7-12)16-9(11(15)18)2-1-3-10(16)17/h8-9H,1-7H2,(H2,15,18)/t9-/m0/s1. The second-order valence-corrected chi connectivity index (χ2v) is 5.20. The van der Waals surface area contributed by atoms with Gasteiger partial charge in [-0.1, -0.05) is 0 Å². The number of alkyl halides is 2. The quantitative estimate of drug-likeness (QED) is 0.816.